The third kappa shape index (κ3) is 13.0. The number of hydrogen-bond donors (Lipinski definition) is 0. The number of unbranched alkanes of at least 4 members (excludes halogenated alkanes) is 13. The summed E-state index contributed by atoms with van der Waals surface area (Å²) >= 11 is 4.67. The first kappa shape index (κ1) is 42.5. The van der Waals surface area contributed by atoms with Crippen molar-refractivity contribution in [2.45, 2.75) is 218 Å². The fourth-order valence-corrected chi connectivity index (χ4v) is 13.2. The zero-order valence-electron chi connectivity index (χ0n) is 33.9. The van der Waals surface area contributed by atoms with Crippen molar-refractivity contribution in [1.29, 1.82) is 0 Å². The molecule has 286 valence electrons. The van der Waals surface area contributed by atoms with Crippen LogP contribution < -0.4 is 0 Å². The Balaban J connectivity index is 1.03. The molecule has 4 aliphatic rings. The van der Waals surface area contributed by atoms with Gasteiger partial charge in [-0.05, 0) is 130 Å². The van der Waals surface area contributed by atoms with Crippen LogP contribution in [0.1, 0.15) is 209 Å². The van der Waals surface area contributed by atoms with Crippen LogP contribution in [0.3, 0.4) is 0 Å². The predicted octanol–water partition coefficient (Wildman–Crippen LogP) is 15.8. The van der Waals surface area contributed by atoms with E-state index in [0.29, 0.717) is 19.7 Å². The van der Waals surface area contributed by atoms with Crippen molar-refractivity contribution in [2.75, 3.05) is 12.4 Å². The molecule has 3 fully saturated rings. The maximum Gasteiger partial charge on any atom is 0.0616 e. The number of fused-ring (bicyclic) bond motifs is 5. The molecule has 0 aromatic heterocycles. The summed E-state index contributed by atoms with van der Waals surface area (Å²) in [7, 11) is 0. The van der Waals surface area contributed by atoms with Crippen molar-refractivity contribution < 1.29 is 4.74 Å². The van der Waals surface area contributed by atoms with Crippen LogP contribution >= 0.6 is 34.4 Å². The molecule has 0 aromatic carbocycles. The predicted molar refractivity (Wildman–Crippen MR) is 228 cm³/mol. The molecule has 0 heterocycles. The maximum absolute atomic E-state index is 6.58. The summed E-state index contributed by atoms with van der Waals surface area (Å²) in [4.78, 5) is 0. The molecule has 0 spiro atoms. The lowest BCUT2D eigenvalue weighted by Crippen LogP contribution is -2.51. The lowest BCUT2D eigenvalue weighted by atomic mass is 9.47. The van der Waals surface area contributed by atoms with E-state index >= 15 is 0 Å². The van der Waals surface area contributed by atoms with Crippen molar-refractivity contribution in [3.05, 3.63) is 11.6 Å². The summed E-state index contributed by atoms with van der Waals surface area (Å²) in [6, 6.07) is 0. The summed E-state index contributed by atoms with van der Waals surface area (Å²) < 4.78 is 6.98. The Hall–Kier alpha value is 0.780. The SMILES string of the molecule is CC(C)CCCC(C)C1CCC2C3CC=C4C[C@@H](OCCCCCCCCCCCCCCCCSC(C)(C)I)CCC4(C)C3CCC12C. The quantitative estimate of drug-likeness (QED) is 0.0416. The molecular formula is C46H83IOS. The molecule has 0 aromatic rings. The third-order valence-corrected chi connectivity index (χ3v) is 16.7. The Labute approximate surface area is 325 Å². The molecule has 4 rings (SSSR count). The van der Waals surface area contributed by atoms with E-state index in [9.17, 15) is 0 Å². The second-order valence-corrected chi connectivity index (χ2v) is 24.3. The number of halogens is 1. The number of thioether (sulfide) groups is 1. The molecule has 0 saturated heterocycles. The van der Waals surface area contributed by atoms with E-state index in [1.54, 1.807) is 5.57 Å². The average molecular weight is 811 g/mol. The van der Waals surface area contributed by atoms with Crippen molar-refractivity contribution in [1.82, 2.24) is 0 Å². The highest BCUT2D eigenvalue weighted by atomic mass is 127. The first-order valence-corrected chi connectivity index (χ1v) is 24.1. The van der Waals surface area contributed by atoms with Crippen LogP contribution in [0, 0.1) is 46.3 Å². The van der Waals surface area contributed by atoms with Crippen LogP contribution in [0.5, 0.6) is 0 Å². The number of hydrogen-bond acceptors (Lipinski definition) is 2. The smallest absolute Gasteiger partial charge is 0.0616 e. The van der Waals surface area contributed by atoms with E-state index in [2.05, 4.69) is 88.9 Å². The van der Waals surface area contributed by atoms with Crippen molar-refractivity contribution in [3.8, 4) is 0 Å². The highest BCUT2D eigenvalue weighted by Crippen LogP contribution is 2.67. The lowest BCUT2D eigenvalue weighted by molar-refractivity contribution is -0.0641. The Morgan fingerprint density at radius 3 is 1.98 bits per heavy atom. The minimum absolute atomic E-state index is 0.408. The van der Waals surface area contributed by atoms with Gasteiger partial charge in [0.15, 0.2) is 0 Å². The molecule has 0 amide bonds. The summed E-state index contributed by atoms with van der Waals surface area (Å²) in [5.41, 5.74) is 2.86. The van der Waals surface area contributed by atoms with E-state index in [1.165, 1.54) is 166 Å². The largest absolute Gasteiger partial charge is 0.378 e. The van der Waals surface area contributed by atoms with Crippen LogP contribution in [0.2, 0.25) is 0 Å². The van der Waals surface area contributed by atoms with Crippen LogP contribution in [0.4, 0.5) is 0 Å². The first-order chi connectivity index (χ1) is 23.4. The van der Waals surface area contributed by atoms with Gasteiger partial charge in [-0.25, -0.2) is 0 Å². The molecule has 49 heavy (non-hydrogen) atoms. The normalized spacial score (nSPS) is 32.1. The number of allylic oxidation sites excluding steroid dienone is 1. The summed E-state index contributed by atoms with van der Waals surface area (Å²) in [6.07, 6.45) is 38.8. The minimum atomic E-state index is 0.408. The molecule has 3 heteroatoms. The molecule has 3 saturated carbocycles. The summed E-state index contributed by atoms with van der Waals surface area (Å²) in [5, 5.41) is 0. The molecule has 0 bridgehead atoms. The third-order valence-electron chi connectivity index (χ3n) is 14.6. The molecular weight excluding hydrogens is 727 g/mol. The van der Waals surface area contributed by atoms with Gasteiger partial charge in [0.05, 0.1) is 8.86 Å². The average Bonchev–Trinajstić information content (AvgIpc) is 3.41. The number of ether oxygens (including phenoxy) is 1. The van der Waals surface area contributed by atoms with E-state index < -0.39 is 0 Å². The topological polar surface area (TPSA) is 9.23 Å². The maximum atomic E-state index is 6.58. The lowest BCUT2D eigenvalue weighted by Gasteiger charge is -2.58. The van der Waals surface area contributed by atoms with Gasteiger partial charge in [-0.15, -0.1) is 11.8 Å². The Kier molecular flexibility index (Phi) is 18.2. The van der Waals surface area contributed by atoms with Gasteiger partial charge >= 0.3 is 0 Å². The molecule has 1 nitrogen and oxygen atoms in total. The van der Waals surface area contributed by atoms with Gasteiger partial charge in [0.1, 0.15) is 0 Å². The molecule has 7 unspecified atom stereocenters. The van der Waals surface area contributed by atoms with Crippen LogP contribution in [0.25, 0.3) is 0 Å². The summed E-state index contributed by atoms with van der Waals surface area (Å²) in [5.74, 6) is 6.92. The second-order valence-electron chi connectivity index (χ2n) is 19.2. The van der Waals surface area contributed by atoms with Gasteiger partial charge in [0, 0.05) is 6.61 Å². The molecule has 4 aliphatic carbocycles. The molecule has 8 atom stereocenters. The van der Waals surface area contributed by atoms with E-state index in [-0.39, 0.29) is 0 Å². The zero-order chi connectivity index (χ0) is 35.3. The first-order valence-electron chi connectivity index (χ1n) is 22.1. The van der Waals surface area contributed by atoms with Gasteiger partial charge in [0.25, 0.3) is 0 Å². The highest BCUT2D eigenvalue weighted by molar-refractivity contribution is 14.1. The van der Waals surface area contributed by atoms with Crippen LogP contribution in [-0.4, -0.2) is 21.2 Å². The van der Waals surface area contributed by atoms with Gasteiger partial charge in [-0.3, -0.25) is 0 Å². The van der Waals surface area contributed by atoms with Crippen molar-refractivity contribution in [2.24, 2.45) is 46.3 Å². The zero-order valence-corrected chi connectivity index (χ0v) is 36.9. The highest BCUT2D eigenvalue weighted by Gasteiger charge is 2.59. The van der Waals surface area contributed by atoms with Crippen LogP contribution in [0.15, 0.2) is 11.6 Å². The molecule has 0 N–H and O–H groups in total. The van der Waals surface area contributed by atoms with Crippen molar-refractivity contribution in [3.63, 3.8) is 0 Å². The fourth-order valence-electron chi connectivity index (χ4n) is 11.7. The Bertz CT molecular complexity index is 953. The van der Waals surface area contributed by atoms with Gasteiger partial charge < -0.3 is 4.74 Å². The standard InChI is InChI=1S/C46H83IOS/c1-36(2)23-22-24-37(3)41-27-28-42-40-26-25-38-35-39(29-31-45(38,6)43(40)30-32-46(41,42)7)48-33-20-18-16-14-12-10-8-9-11-13-15-17-19-21-34-49-44(4,5)47/h25,36-37,39-43H,8-24,26-35H2,1-7H3/t37?,39-,40?,41?,42?,43?,45?,46?/m0/s1. The van der Waals surface area contributed by atoms with Crippen LogP contribution in [-0.2, 0) is 4.74 Å². The van der Waals surface area contributed by atoms with E-state index in [1.807, 2.05) is 0 Å². The molecule has 0 radical (unpaired) electrons. The number of rotatable bonds is 24. The monoisotopic (exact) mass is 811 g/mol. The van der Waals surface area contributed by atoms with Gasteiger partial charge in [-0.1, -0.05) is 165 Å². The van der Waals surface area contributed by atoms with E-state index in [0.717, 1.165) is 42.1 Å². The van der Waals surface area contributed by atoms with E-state index in [4.69, 9.17) is 4.74 Å². The molecule has 0 aliphatic heterocycles. The van der Waals surface area contributed by atoms with Gasteiger partial charge in [-0.2, -0.15) is 0 Å². The van der Waals surface area contributed by atoms with Gasteiger partial charge in [0.2, 0.25) is 0 Å². The summed E-state index contributed by atoms with van der Waals surface area (Å²) in [6.45, 7) is 18.5. The Morgan fingerprint density at radius 1 is 0.755 bits per heavy atom. The number of alkyl halides is 1. The Morgan fingerprint density at radius 2 is 1.37 bits per heavy atom. The van der Waals surface area contributed by atoms with Crippen molar-refractivity contribution >= 4 is 34.4 Å². The second kappa shape index (κ2) is 21.0. The fraction of sp³-hybridized carbons (Fsp3) is 0.957. The minimum Gasteiger partial charge on any atom is -0.378 e.